The number of nitrogens with one attached hydrogen (secondary N) is 3. The number of piperidine rings is 1. The van der Waals surface area contributed by atoms with E-state index in [2.05, 4.69) is 38.6 Å². The van der Waals surface area contributed by atoms with Crippen LogP contribution in [0.25, 0.3) is 11.0 Å². The summed E-state index contributed by atoms with van der Waals surface area (Å²) in [6, 6.07) is 4.08. The summed E-state index contributed by atoms with van der Waals surface area (Å²) >= 11 is 1.52. The van der Waals surface area contributed by atoms with Gasteiger partial charge in [-0.3, -0.25) is 10.1 Å². The summed E-state index contributed by atoms with van der Waals surface area (Å²) in [7, 11) is 0. The highest BCUT2D eigenvalue weighted by atomic mass is 32.1. The predicted molar refractivity (Wildman–Crippen MR) is 144 cm³/mol. The predicted octanol–water partition coefficient (Wildman–Crippen LogP) is 5.67. The number of urea groups is 1. The molecular formula is C27H34N6O2S. The average molecular weight is 507 g/mol. The van der Waals surface area contributed by atoms with Gasteiger partial charge in [0.25, 0.3) is 5.91 Å². The minimum Gasteiger partial charge on any atom is -0.338 e. The standard InChI is InChI=1S/C27H34N6O2S/c1-17-14-21-22(15-18(17)2)31-26(30-21)32-24(34)23-16-36-25(29-23)20-9-12-33(13-10-20)27(35)28-11-8-19-6-4-3-5-7-19/h6,14-16,20H,3-5,7-13H2,1-2H3,(H,28,35)(H2,30,31,32,34). The van der Waals surface area contributed by atoms with Crippen LogP contribution >= 0.6 is 11.3 Å². The summed E-state index contributed by atoms with van der Waals surface area (Å²) in [5, 5.41) is 8.69. The van der Waals surface area contributed by atoms with Crippen molar-refractivity contribution < 1.29 is 9.59 Å². The highest BCUT2D eigenvalue weighted by Gasteiger charge is 2.26. The topological polar surface area (TPSA) is 103 Å². The number of aromatic amines is 1. The van der Waals surface area contributed by atoms with Crippen molar-refractivity contribution in [2.45, 2.75) is 64.7 Å². The van der Waals surface area contributed by atoms with Gasteiger partial charge >= 0.3 is 6.03 Å². The van der Waals surface area contributed by atoms with E-state index in [-0.39, 0.29) is 17.9 Å². The molecule has 3 amide bonds. The van der Waals surface area contributed by atoms with Crippen LogP contribution in [-0.4, -0.2) is 51.4 Å². The molecule has 1 aliphatic carbocycles. The fourth-order valence-corrected chi connectivity index (χ4v) is 5.95. The molecule has 1 saturated heterocycles. The molecule has 190 valence electrons. The molecule has 5 rings (SSSR count). The number of aromatic nitrogens is 3. The third kappa shape index (κ3) is 5.61. The van der Waals surface area contributed by atoms with E-state index >= 15 is 0 Å². The average Bonchev–Trinajstić information content (AvgIpc) is 3.52. The number of likely N-dealkylation sites (tertiary alicyclic amines) is 1. The Bertz CT molecular complexity index is 1250. The van der Waals surface area contributed by atoms with Gasteiger partial charge in [-0.05, 0) is 82.1 Å². The van der Waals surface area contributed by atoms with Gasteiger partial charge in [0.05, 0.1) is 16.0 Å². The summed E-state index contributed by atoms with van der Waals surface area (Å²) in [6.45, 7) is 6.22. The molecule has 1 aliphatic heterocycles. The van der Waals surface area contributed by atoms with Gasteiger partial charge in [0.15, 0.2) is 0 Å². The number of hydrogen-bond donors (Lipinski definition) is 3. The van der Waals surface area contributed by atoms with Gasteiger partial charge in [-0.1, -0.05) is 11.6 Å². The molecule has 9 heteroatoms. The lowest BCUT2D eigenvalue weighted by molar-refractivity contribution is 0.102. The number of rotatable bonds is 6. The van der Waals surface area contributed by atoms with Crippen molar-refractivity contribution in [1.29, 1.82) is 0 Å². The molecule has 8 nitrogen and oxygen atoms in total. The van der Waals surface area contributed by atoms with Crippen LogP contribution in [0.2, 0.25) is 0 Å². The zero-order chi connectivity index (χ0) is 25.1. The number of imidazole rings is 1. The quantitative estimate of drug-likeness (QED) is 0.375. The van der Waals surface area contributed by atoms with Crippen LogP contribution in [0.3, 0.4) is 0 Å². The molecule has 0 radical (unpaired) electrons. The summed E-state index contributed by atoms with van der Waals surface area (Å²) < 4.78 is 0. The molecule has 1 fully saturated rings. The lowest BCUT2D eigenvalue weighted by atomic mass is 9.97. The van der Waals surface area contributed by atoms with E-state index < -0.39 is 0 Å². The summed E-state index contributed by atoms with van der Waals surface area (Å²) in [5.74, 6) is 0.425. The number of allylic oxidation sites excluding steroid dienone is 1. The smallest absolute Gasteiger partial charge is 0.317 e. The lowest BCUT2D eigenvalue weighted by Crippen LogP contribution is -2.44. The van der Waals surface area contributed by atoms with Gasteiger partial charge in [-0.25, -0.2) is 14.8 Å². The van der Waals surface area contributed by atoms with Crippen LogP contribution in [0, 0.1) is 13.8 Å². The number of hydrogen-bond acceptors (Lipinski definition) is 5. The van der Waals surface area contributed by atoms with Gasteiger partial charge < -0.3 is 15.2 Å². The third-order valence-electron chi connectivity index (χ3n) is 7.32. The van der Waals surface area contributed by atoms with Gasteiger partial charge in [-0.15, -0.1) is 11.3 Å². The number of aryl methyl sites for hydroxylation is 2. The number of H-pyrrole nitrogens is 1. The second kappa shape index (κ2) is 10.8. The maximum atomic E-state index is 12.8. The summed E-state index contributed by atoms with van der Waals surface area (Å²) in [6.07, 6.45) is 9.92. The van der Waals surface area contributed by atoms with Crippen molar-refractivity contribution >= 4 is 40.3 Å². The van der Waals surface area contributed by atoms with Gasteiger partial charge in [0, 0.05) is 30.9 Å². The number of amides is 3. The van der Waals surface area contributed by atoms with Gasteiger partial charge in [-0.2, -0.15) is 0 Å². The van der Waals surface area contributed by atoms with E-state index in [1.165, 1.54) is 48.2 Å². The first-order chi connectivity index (χ1) is 17.5. The van der Waals surface area contributed by atoms with E-state index in [0.717, 1.165) is 40.9 Å². The monoisotopic (exact) mass is 506 g/mol. The number of fused-ring (bicyclic) bond motifs is 1. The van der Waals surface area contributed by atoms with E-state index in [1.54, 1.807) is 5.38 Å². The molecule has 0 atom stereocenters. The second-order valence-electron chi connectivity index (χ2n) is 9.92. The molecule has 0 saturated carbocycles. The van der Waals surface area contributed by atoms with Crippen LogP contribution in [0.1, 0.15) is 77.5 Å². The molecule has 0 bridgehead atoms. The SMILES string of the molecule is Cc1cc2nc(NC(=O)c3csc(C4CCN(C(=O)NCCC5=CCCCC5)CC4)n3)[nH]c2cc1C. The molecule has 0 unspecified atom stereocenters. The number of thiazole rings is 1. The Balaban J connectivity index is 1.11. The Kier molecular flexibility index (Phi) is 7.36. The first-order valence-corrected chi connectivity index (χ1v) is 13.8. The van der Waals surface area contributed by atoms with Crippen LogP contribution in [0.15, 0.2) is 29.2 Å². The molecular weight excluding hydrogens is 472 g/mol. The second-order valence-corrected chi connectivity index (χ2v) is 10.8. The summed E-state index contributed by atoms with van der Waals surface area (Å²) in [5.41, 5.74) is 5.95. The Morgan fingerprint density at radius 1 is 1.14 bits per heavy atom. The van der Waals surface area contributed by atoms with Crippen molar-refractivity contribution in [3.05, 3.63) is 51.0 Å². The summed E-state index contributed by atoms with van der Waals surface area (Å²) in [4.78, 5) is 39.5. The Morgan fingerprint density at radius 3 is 2.72 bits per heavy atom. The van der Waals surface area contributed by atoms with Crippen molar-refractivity contribution in [3.63, 3.8) is 0 Å². The first-order valence-electron chi connectivity index (χ1n) is 12.9. The van der Waals surface area contributed by atoms with E-state index in [9.17, 15) is 9.59 Å². The molecule has 36 heavy (non-hydrogen) atoms. The Labute approximate surface area is 215 Å². The molecule has 1 aromatic carbocycles. The zero-order valence-corrected chi connectivity index (χ0v) is 21.8. The zero-order valence-electron chi connectivity index (χ0n) is 21.0. The van der Waals surface area contributed by atoms with E-state index in [1.807, 2.05) is 24.0 Å². The van der Waals surface area contributed by atoms with Crippen molar-refractivity contribution in [3.8, 4) is 0 Å². The normalized spacial score (nSPS) is 16.7. The number of benzene rings is 1. The number of carbonyl (C=O) groups is 2. The molecule has 3 N–H and O–H groups in total. The highest BCUT2D eigenvalue weighted by molar-refractivity contribution is 7.10. The molecule has 3 heterocycles. The van der Waals surface area contributed by atoms with Gasteiger partial charge in [0.1, 0.15) is 5.69 Å². The number of nitrogens with zero attached hydrogens (tertiary/aromatic N) is 3. The van der Waals surface area contributed by atoms with E-state index in [4.69, 9.17) is 0 Å². The highest BCUT2D eigenvalue weighted by Crippen LogP contribution is 2.30. The van der Waals surface area contributed by atoms with Crippen LogP contribution < -0.4 is 10.6 Å². The first kappa shape index (κ1) is 24.5. The molecule has 0 spiro atoms. The van der Waals surface area contributed by atoms with Crippen molar-refractivity contribution in [1.82, 2.24) is 25.2 Å². The molecule has 3 aromatic rings. The third-order valence-corrected chi connectivity index (χ3v) is 8.33. The largest absolute Gasteiger partial charge is 0.338 e. The minimum atomic E-state index is -0.269. The Hall–Kier alpha value is -3.20. The van der Waals surface area contributed by atoms with Crippen LogP contribution in [0.4, 0.5) is 10.7 Å². The fourth-order valence-electron chi connectivity index (χ4n) is 4.98. The van der Waals surface area contributed by atoms with Crippen LogP contribution in [-0.2, 0) is 0 Å². The number of carbonyl (C=O) groups excluding carboxylic acids is 2. The van der Waals surface area contributed by atoms with Gasteiger partial charge in [0.2, 0.25) is 5.95 Å². The maximum Gasteiger partial charge on any atom is 0.317 e. The minimum absolute atomic E-state index is 0.0280. The van der Waals surface area contributed by atoms with Crippen LogP contribution in [0.5, 0.6) is 0 Å². The molecule has 2 aliphatic rings. The fraction of sp³-hybridized carbons (Fsp3) is 0.481. The number of anilines is 1. The molecule has 2 aromatic heterocycles. The van der Waals surface area contributed by atoms with Crippen molar-refractivity contribution in [2.24, 2.45) is 0 Å². The maximum absolute atomic E-state index is 12.8. The Morgan fingerprint density at radius 2 is 1.94 bits per heavy atom. The van der Waals surface area contributed by atoms with E-state index in [0.29, 0.717) is 31.3 Å². The van der Waals surface area contributed by atoms with Crippen molar-refractivity contribution in [2.75, 3.05) is 25.0 Å². The lowest BCUT2D eigenvalue weighted by Gasteiger charge is -2.31.